The molecule has 3 aliphatic carbocycles. The quantitative estimate of drug-likeness (QED) is 0.118. The van der Waals surface area contributed by atoms with Gasteiger partial charge in [0, 0.05) is 46.8 Å². The van der Waals surface area contributed by atoms with Crippen molar-refractivity contribution in [1.82, 2.24) is 0 Å². The van der Waals surface area contributed by atoms with Crippen LogP contribution in [0.15, 0.2) is 0 Å². The van der Waals surface area contributed by atoms with Crippen LogP contribution in [0, 0.1) is 96.2 Å². The minimum atomic E-state index is -0.739. The third-order valence-electron chi connectivity index (χ3n) is 14.4. The van der Waals surface area contributed by atoms with E-state index in [9.17, 15) is 34.2 Å². The molecule has 3 saturated carbocycles. The van der Waals surface area contributed by atoms with Crippen molar-refractivity contribution >= 4 is 53.7 Å². The number of carboxylic acids is 1. The average molecular weight is 825 g/mol. The predicted molar refractivity (Wildman–Crippen MR) is 200 cm³/mol. The molecule has 0 aromatic rings. The Morgan fingerprint density at radius 2 is 1.23 bits per heavy atom. The number of carbonyl (C=O) groups is 5. The van der Waals surface area contributed by atoms with Crippen LogP contribution in [-0.2, 0) is 54.7 Å². The Morgan fingerprint density at radius 3 is 1.74 bits per heavy atom. The topological polar surface area (TPSA) is 154 Å². The van der Waals surface area contributed by atoms with Gasteiger partial charge in [0.2, 0.25) is 0 Å². The predicted octanol–water partition coefficient (Wildman–Crippen LogP) is 5.68. The van der Waals surface area contributed by atoms with E-state index >= 15 is 0 Å². The van der Waals surface area contributed by atoms with Crippen LogP contribution < -0.4 is 0 Å². The van der Waals surface area contributed by atoms with Crippen LogP contribution in [0.25, 0.3) is 0 Å². The number of rotatable bonds is 4. The van der Waals surface area contributed by atoms with Gasteiger partial charge in [0.05, 0.1) is 23.7 Å². The summed E-state index contributed by atoms with van der Waals surface area (Å²) < 4.78 is 16.0. The fourth-order valence-corrected chi connectivity index (χ4v) is 14.7. The zero-order valence-electron chi connectivity index (χ0n) is 32.0. The number of cyclic esters (lactones) is 3. The molecule has 5 saturated heterocycles. The van der Waals surface area contributed by atoms with Crippen molar-refractivity contribution in [3.05, 3.63) is 7.43 Å². The maximum Gasteiger partial charge on any atom is 0.309 e. The number of fused-ring (bicyclic) bond motifs is 5. The number of thioether (sulfide) groups is 2. The van der Waals surface area contributed by atoms with Gasteiger partial charge in [-0.2, -0.15) is 23.5 Å². The summed E-state index contributed by atoms with van der Waals surface area (Å²) in [5, 5.41) is 19.1. The van der Waals surface area contributed by atoms with Gasteiger partial charge in [-0.15, -0.1) is 0 Å². The van der Waals surface area contributed by atoms with Gasteiger partial charge in [-0.3, -0.25) is 19.2 Å². The van der Waals surface area contributed by atoms with Crippen LogP contribution in [0.1, 0.15) is 73.1 Å². The molecule has 0 radical (unpaired) electrons. The van der Waals surface area contributed by atoms with Gasteiger partial charge in [0.25, 0.3) is 0 Å². The van der Waals surface area contributed by atoms with Gasteiger partial charge in [-0.25, -0.2) is 0 Å². The third kappa shape index (κ3) is 8.54. The molecule has 5 heterocycles. The molecule has 0 aromatic heterocycles. The van der Waals surface area contributed by atoms with Crippen molar-refractivity contribution in [2.24, 2.45) is 88.8 Å². The first kappa shape index (κ1) is 44.4. The summed E-state index contributed by atoms with van der Waals surface area (Å²) in [5.41, 5.74) is 0. The van der Waals surface area contributed by atoms with Gasteiger partial charge >= 0.3 is 23.9 Å². The second kappa shape index (κ2) is 18.8. The standard InChI is InChI=1S/C13H18O4S.C13H18O3S.C13H22O3.CH3.Ni/c1-6-10-9(13(16)17-6)4-7-5-18-3-2-8(7)11(10)12(14)15;1-7-12-10(13(15)16-7)4-8-6-17-3-2-9(8)11(12)5-14;1-4-9-7(2)5-10-12(11(9)6-14)8(3)16-13(10)15;;/h6-11H,2-5H2,1H3,(H,14,15);5,7-12H,2-4,6H2,1H3;7-12,14H,4-6H2,1-3H3;1H3;/q;;;-1;/t6-,7-,8-,9-,10-,11+;7-,8-,9-,10-,11+,12-;7-,8+,9+,10+,11-,12+;;/m110../s1. The molecule has 8 aliphatic rings. The van der Waals surface area contributed by atoms with E-state index in [0.29, 0.717) is 29.6 Å². The van der Waals surface area contributed by atoms with Crippen molar-refractivity contribution in [3.8, 4) is 0 Å². The second-order valence-corrected chi connectivity index (χ2v) is 19.0. The Labute approximate surface area is 334 Å². The number of ether oxygens (including phenoxy) is 3. The van der Waals surface area contributed by atoms with Crippen LogP contribution in [0.2, 0.25) is 0 Å². The summed E-state index contributed by atoms with van der Waals surface area (Å²) in [6.45, 7) is 10.3. The molecule has 53 heavy (non-hydrogen) atoms. The molecular weight excluding hydrogens is 763 g/mol. The Morgan fingerprint density at radius 1 is 0.755 bits per heavy atom. The van der Waals surface area contributed by atoms with Crippen molar-refractivity contribution in [3.63, 3.8) is 0 Å². The molecule has 0 bridgehead atoms. The molecule has 0 spiro atoms. The normalized spacial score (nSPS) is 46.1. The number of hydrogen-bond donors (Lipinski definition) is 2. The fourth-order valence-electron chi connectivity index (χ4n) is 12.1. The Kier molecular flexibility index (Phi) is 15.7. The molecule has 0 amide bonds. The van der Waals surface area contributed by atoms with E-state index in [1.165, 1.54) is 0 Å². The molecule has 2 N–H and O–H groups in total. The van der Waals surface area contributed by atoms with E-state index in [4.69, 9.17) is 14.2 Å². The van der Waals surface area contributed by atoms with Gasteiger partial charge in [-0.1, -0.05) is 20.3 Å². The molecular formula is C40H61NiO10S2-. The van der Waals surface area contributed by atoms with Crippen molar-refractivity contribution in [2.75, 3.05) is 29.6 Å². The largest absolute Gasteiger partial charge is 0.481 e. The van der Waals surface area contributed by atoms with Crippen LogP contribution >= 0.6 is 23.5 Å². The zero-order valence-corrected chi connectivity index (χ0v) is 34.7. The van der Waals surface area contributed by atoms with Gasteiger partial charge in [0.1, 0.15) is 24.6 Å². The summed E-state index contributed by atoms with van der Waals surface area (Å²) in [6, 6.07) is 0. The molecule has 18 atom stereocenters. The summed E-state index contributed by atoms with van der Waals surface area (Å²) in [7, 11) is 0. The molecule has 13 heteroatoms. The first-order valence-electron chi connectivity index (χ1n) is 19.5. The van der Waals surface area contributed by atoms with Crippen LogP contribution in [0.4, 0.5) is 0 Å². The first-order valence-corrected chi connectivity index (χ1v) is 21.8. The number of aliphatic hydroxyl groups excluding tert-OH is 1. The number of carbonyl (C=O) groups excluding carboxylic acids is 4. The van der Waals surface area contributed by atoms with Gasteiger partial charge < -0.3 is 36.6 Å². The van der Waals surface area contributed by atoms with Gasteiger partial charge in [0.15, 0.2) is 0 Å². The summed E-state index contributed by atoms with van der Waals surface area (Å²) >= 11 is 3.85. The van der Waals surface area contributed by atoms with E-state index in [1.54, 1.807) is 0 Å². The van der Waals surface area contributed by atoms with E-state index < -0.39 is 11.9 Å². The second-order valence-electron chi connectivity index (χ2n) is 16.7. The maximum atomic E-state index is 11.8. The summed E-state index contributed by atoms with van der Waals surface area (Å²) in [4.78, 5) is 58.4. The number of carboxylic acid groups (broad SMARTS) is 1. The number of aliphatic carboxylic acids is 1. The molecule has 0 aromatic carbocycles. The van der Waals surface area contributed by atoms with E-state index in [0.717, 1.165) is 67.8 Å². The van der Waals surface area contributed by atoms with Crippen LogP contribution in [-0.4, -0.2) is 88.3 Å². The van der Waals surface area contributed by atoms with Crippen LogP contribution in [0.5, 0.6) is 0 Å². The van der Waals surface area contributed by atoms with Crippen molar-refractivity contribution in [2.45, 2.75) is 91.5 Å². The Hall–Kier alpha value is -1.30. The van der Waals surface area contributed by atoms with Gasteiger partial charge in [-0.05, 0) is 117 Å². The maximum absolute atomic E-state index is 11.8. The van der Waals surface area contributed by atoms with Crippen molar-refractivity contribution < 1.29 is 64.9 Å². The Bertz CT molecular complexity index is 1320. The molecule has 8 rings (SSSR count). The summed E-state index contributed by atoms with van der Waals surface area (Å²) in [5.74, 6) is 5.98. The molecule has 304 valence electrons. The first-order chi connectivity index (χ1) is 24.4. The minimum Gasteiger partial charge on any atom is -0.481 e. The van der Waals surface area contributed by atoms with E-state index in [1.807, 2.05) is 44.3 Å². The zero-order chi connectivity index (χ0) is 36.7. The SMILES string of the molecule is CC[C@H]1[C@H](CO)[C@@H]2[C@@H](C)OC(=O)[C@@H]2C[C@@H]1C.C[C@H]1OC(=O)[C@@H]2C[C@@H]3CSCC[C@H]3[C@H](C(=O)O)[C@H]12.C[C@H]1OC(=O)[C@@H]2C[C@@H]3CSCC[C@H]3[C@H](C=O)[C@H]12.[CH3-].[Ni]. The molecule has 8 fully saturated rings. The third-order valence-corrected chi connectivity index (χ3v) is 16.7. The molecule has 10 nitrogen and oxygen atoms in total. The van der Waals surface area contributed by atoms with Crippen LogP contribution in [0.3, 0.4) is 0 Å². The number of esters is 3. The van der Waals surface area contributed by atoms with Crippen molar-refractivity contribution in [1.29, 1.82) is 0 Å². The Balaban J connectivity index is 0.000000175. The monoisotopic (exact) mass is 823 g/mol. The molecule has 5 aliphatic heterocycles. The minimum absolute atomic E-state index is 0. The van der Waals surface area contributed by atoms with E-state index in [2.05, 4.69) is 13.8 Å². The van der Waals surface area contributed by atoms with E-state index in [-0.39, 0.29) is 120 Å². The molecule has 0 unspecified atom stereocenters. The number of aldehydes is 1. The number of hydrogen-bond acceptors (Lipinski definition) is 11. The average Bonchev–Trinajstić information content (AvgIpc) is 3.68. The smallest absolute Gasteiger partial charge is 0.309 e. The number of aliphatic hydroxyl groups is 1. The fraction of sp³-hybridized carbons (Fsp3) is 0.850. The summed E-state index contributed by atoms with van der Waals surface area (Å²) in [6.07, 6.45) is 6.65.